The van der Waals surface area contributed by atoms with Crippen molar-refractivity contribution < 1.29 is 9.53 Å². The van der Waals surface area contributed by atoms with E-state index in [1.54, 1.807) is 0 Å². The zero-order chi connectivity index (χ0) is 21.7. The van der Waals surface area contributed by atoms with Gasteiger partial charge in [-0.1, -0.05) is 0 Å². The molecular formula is C23H44IN5O2. The Morgan fingerprint density at radius 1 is 1.19 bits per heavy atom. The lowest BCUT2D eigenvalue weighted by molar-refractivity contribution is 0.0163. The van der Waals surface area contributed by atoms with Gasteiger partial charge in [0.1, 0.15) is 5.60 Å². The Morgan fingerprint density at radius 3 is 2.58 bits per heavy atom. The molecule has 3 aliphatic rings. The van der Waals surface area contributed by atoms with Gasteiger partial charge in [-0.15, -0.1) is 24.0 Å². The second kappa shape index (κ2) is 11.9. The van der Waals surface area contributed by atoms with Crippen molar-refractivity contribution in [1.29, 1.82) is 0 Å². The molecule has 180 valence electrons. The highest BCUT2D eigenvalue weighted by Crippen LogP contribution is 2.33. The molecule has 0 bridgehead atoms. The Labute approximate surface area is 206 Å². The maximum absolute atomic E-state index is 12.4. The summed E-state index contributed by atoms with van der Waals surface area (Å²) in [5.41, 5.74) is -0.437. The van der Waals surface area contributed by atoms with Gasteiger partial charge in [0, 0.05) is 50.8 Å². The standard InChI is InChI=1S/C23H43N5O2.HI/c1-6-24-21(26-19-14-17(2)28(16-19)20-9-10-20)25-12-11-18-8-7-13-27(15-18)22(29)30-23(3,4)5;/h17-20H,6-16H2,1-5H3,(H2,24,25,26);1H. The second-order valence-electron chi connectivity index (χ2n) is 10.3. The van der Waals surface area contributed by atoms with E-state index >= 15 is 0 Å². The highest BCUT2D eigenvalue weighted by atomic mass is 127. The van der Waals surface area contributed by atoms with Gasteiger partial charge in [0.2, 0.25) is 0 Å². The smallest absolute Gasteiger partial charge is 0.410 e. The van der Waals surface area contributed by atoms with E-state index in [0.717, 1.165) is 64.0 Å². The molecule has 8 heteroatoms. The average Bonchev–Trinajstić information content (AvgIpc) is 3.44. The van der Waals surface area contributed by atoms with Gasteiger partial charge >= 0.3 is 6.09 Å². The highest BCUT2D eigenvalue weighted by molar-refractivity contribution is 14.0. The van der Waals surface area contributed by atoms with Crippen LogP contribution in [0.2, 0.25) is 0 Å². The summed E-state index contributed by atoms with van der Waals surface area (Å²) in [6.07, 6.45) is 6.96. The highest BCUT2D eigenvalue weighted by Gasteiger charge is 2.39. The van der Waals surface area contributed by atoms with Crippen LogP contribution in [0.4, 0.5) is 4.79 Å². The summed E-state index contributed by atoms with van der Waals surface area (Å²) in [7, 11) is 0. The predicted molar refractivity (Wildman–Crippen MR) is 137 cm³/mol. The summed E-state index contributed by atoms with van der Waals surface area (Å²) >= 11 is 0. The first-order valence-corrected chi connectivity index (χ1v) is 12.0. The molecule has 0 aromatic heterocycles. The van der Waals surface area contributed by atoms with Gasteiger partial charge < -0.3 is 20.3 Å². The molecule has 2 saturated heterocycles. The fourth-order valence-electron chi connectivity index (χ4n) is 4.74. The van der Waals surface area contributed by atoms with Crippen LogP contribution < -0.4 is 10.6 Å². The van der Waals surface area contributed by atoms with Crippen molar-refractivity contribution in [2.45, 2.75) is 96.9 Å². The minimum Gasteiger partial charge on any atom is -0.444 e. The number of likely N-dealkylation sites (tertiary alicyclic amines) is 2. The zero-order valence-corrected chi connectivity index (χ0v) is 22.5. The van der Waals surface area contributed by atoms with Crippen LogP contribution >= 0.6 is 24.0 Å². The van der Waals surface area contributed by atoms with Crippen molar-refractivity contribution in [2.24, 2.45) is 10.9 Å². The Bertz CT molecular complexity index is 605. The lowest BCUT2D eigenvalue weighted by atomic mass is 9.95. The molecule has 3 unspecified atom stereocenters. The molecule has 0 spiro atoms. The number of nitrogens with one attached hydrogen (secondary N) is 2. The van der Waals surface area contributed by atoms with Crippen molar-refractivity contribution >= 4 is 36.0 Å². The minimum absolute atomic E-state index is 0. The number of piperidine rings is 1. The average molecular weight is 550 g/mol. The third-order valence-corrected chi connectivity index (χ3v) is 6.30. The van der Waals surface area contributed by atoms with Crippen LogP contribution in [0.25, 0.3) is 0 Å². The van der Waals surface area contributed by atoms with Gasteiger partial charge in [-0.3, -0.25) is 9.89 Å². The Morgan fingerprint density at radius 2 is 1.94 bits per heavy atom. The molecule has 2 N–H and O–H groups in total. The SMILES string of the molecule is CCNC(=NCCC1CCCN(C(=O)OC(C)(C)C)C1)NC1CC(C)N(C2CC2)C1.I. The number of amides is 1. The molecule has 3 rings (SSSR count). The van der Waals surface area contributed by atoms with E-state index in [0.29, 0.717) is 18.0 Å². The monoisotopic (exact) mass is 549 g/mol. The number of halogens is 1. The van der Waals surface area contributed by atoms with Crippen molar-refractivity contribution in [3.8, 4) is 0 Å². The molecule has 1 amide bonds. The summed E-state index contributed by atoms with van der Waals surface area (Å²) in [4.78, 5) is 21.8. The lowest BCUT2D eigenvalue weighted by Gasteiger charge is -2.34. The van der Waals surface area contributed by atoms with E-state index < -0.39 is 5.60 Å². The fraction of sp³-hybridized carbons (Fsp3) is 0.913. The largest absolute Gasteiger partial charge is 0.444 e. The van der Waals surface area contributed by atoms with Crippen LogP contribution in [0.15, 0.2) is 4.99 Å². The number of ether oxygens (including phenoxy) is 1. The Hall–Kier alpha value is -0.770. The molecule has 0 aromatic rings. The first-order valence-electron chi connectivity index (χ1n) is 12.0. The van der Waals surface area contributed by atoms with Crippen molar-refractivity contribution in [3.63, 3.8) is 0 Å². The topological polar surface area (TPSA) is 69.2 Å². The molecule has 31 heavy (non-hydrogen) atoms. The van der Waals surface area contributed by atoms with Gasteiger partial charge in [-0.25, -0.2) is 4.79 Å². The third kappa shape index (κ3) is 8.59. The molecule has 1 saturated carbocycles. The summed E-state index contributed by atoms with van der Waals surface area (Å²) < 4.78 is 5.55. The molecular weight excluding hydrogens is 505 g/mol. The van der Waals surface area contributed by atoms with E-state index in [1.807, 2.05) is 25.7 Å². The third-order valence-electron chi connectivity index (χ3n) is 6.30. The molecule has 2 heterocycles. The number of rotatable bonds is 6. The quantitative estimate of drug-likeness (QED) is 0.300. The molecule has 2 aliphatic heterocycles. The van der Waals surface area contributed by atoms with Crippen molar-refractivity contribution in [2.75, 3.05) is 32.7 Å². The second-order valence-corrected chi connectivity index (χ2v) is 10.3. The maximum Gasteiger partial charge on any atom is 0.410 e. The van der Waals surface area contributed by atoms with Crippen LogP contribution in [0.1, 0.15) is 73.1 Å². The first kappa shape index (κ1) is 26.5. The number of nitrogens with zero attached hydrogens (tertiary/aromatic N) is 3. The lowest BCUT2D eigenvalue weighted by Crippen LogP contribution is -2.45. The maximum atomic E-state index is 12.4. The van der Waals surface area contributed by atoms with Crippen LogP contribution in [0, 0.1) is 5.92 Å². The Balaban J connectivity index is 0.00000341. The van der Waals surface area contributed by atoms with E-state index in [1.165, 1.54) is 19.3 Å². The first-order chi connectivity index (χ1) is 14.2. The van der Waals surface area contributed by atoms with E-state index in [4.69, 9.17) is 9.73 Å². The minimum atomic E-state index is -0.437. The van der Waals surface area contributed by atoms with Gasteiger partial charge in [-0.2, -0.15) is 0 Å². The number of hydrogen-bond acceptors (Lipinski definition) is 4. The van der Waals surface area contributed by atoms with E-state index in [2.05, 4.69) is 29.4 Å². The van der Waals surface area contributed by atoms with Crippen LogP contribution in [0.5, 0.6) is 0 Å². The van der Waals surface area contributed by atoms with Gasteiger partial charge in [0.25, 0.3) is 0 Å². The molecule has 0 radical (unpaired) electrons. The summed E-state index contributed by atoms with van der Waals surface area (Å²) in [6, 6.07) is 1.97. The van der Waals surface area contributed by atoms with Crippen molar-refractivity contribution in [3.05, 3.63) is 0 Å². The number of carbonyl (C=O) groups excluding carboxylic acids is 1. The van der Waals surface area contributed by atoms with Gasteiger partial charge in [0.05, 0.1) is 0 Å². The molecule has 3 fully saturated rings. The number of hydrogen-bond donors (Lipinski definition) is 2. The van der Waals surface area contributed by atoms with Crippen molar-refractivity contribution in [1.82, 2.24) is 20.4 Å². The molecule has 1 aliphatic carbocycles. The van der Waals surface area contributed by atoms with Gasteiger partial charge in [0.15, 0.2) is 5.96 Å². The summed E-state index contributed by atoms with van der Waals surface area (Å²) in [5, 5.41) is 7.07. The number of carbonyl (C=O) groups is 1. The fourth-order valence-corrected chi connectivity index (χ4v) is 4.74. The van der Waals surface area contributed by atoms with Crippen LogP contribution in [0.3, 0.4) is 0 Å². The molecule has 3 atom stereocenters. The number of aliphatic imine (C=N–C) groups is 1. The molecule has 0 aromatic carbocycles. The summed E-state index contributed by atoms with van der Waals surface area (Å²) in [6.45, 7) is 14.6. The zero-order valence-electron chi connectivity index (χ0n) is 20.2. The number of guanidine groups is 1. The van der Waals surface area contributed by atoms with Gasteiger partial charge in [-0.05, 0) is 79.1 Å². The summed E-state index contributed by atoms with van der Waals surface area (Å²) in [5.74, 6) is 1.43. The predicted octanol–water partition coefficient (Wildman–Crippen LogP) is 3.82. The Kier molecular flexibility index (Phi) is 10.2. The normalized spacial score (nSPS) is 27.6. The van der Waals surface area contributed by atoms with E-state index in [-0.39, 0.29) is 30.1 Å². The molecule has 7 nitrogen and oxygen atoms in total. The van der Waals surface area contributed by atoms with Crippen LogP contribution in [-0.2, 0) is 4.74 Å². The van der Waals surface area contributed by atoms with E-state index in [9.17, 15) is 4.79 Å². The van der Waals surface area contributed by atoms with Crippen LogP contribution in [-0.4, -0.2) is 78.3 Å².